The molecule has 5 nitrogen and oxygen atoms in total. The first-order valence-electron chi connectivity index (χ1n) is 7.09. The first-order chi connectivity index (χ1) is 10.5. The van der Waals surface area contributed by atoms with Crippen molar-refractivity contribution in [2.24, 2.45) is 5.92 Å². The molecule has 2 rings (SSSR count). The topological polar surface area (TPSA) is 71.1 Å². The average Bonchev–Trinajstić information content (AvgIpc) is 3.12. The van der Waals surface area contributed by atoms with Gasteiger partial charge in [0.25, 0.3) is 0 Å². The number of hydrogen-bond donors (Lipinski definition) is 2. The molecule has 2 aromatic heterocycles. The van der Waals surface area contributed by atoms with Crippen LogP contribution < -0.4 is 10.6 Å². The summed E-state index contributed by atoms with van der Waals surface area (Å²) in [6.45, 7) is 5.92. The van der Waals surface area contributed by atoms with Crippen LogP contribution in [0.5, 0.6) is 0 Å². The van der Waals surface area contributed by atoms with Crippen molar-refractivity contribution in [3.8, 4) is 10.6 Å². The minimum absolute atomic E-state index is 0.000858. The van der Waals surface area contributed by atoms with Gasteiger partial charge < -0.3 is 10.6 Å². The molecule has 0 aromatic carbocycles. The summed E-state index contributed by atoms with van der Waals surface area (Å²) in [5, 5.41) is 8.17. The van der Waals surface area contributed by atoms with Crippen molar-refractivity contribution in [3.63, 3.8) is 0 Å². The van der Waals surface area contributed by atoms with E-state index in [1.165, 1.54) is 18.3 Å². The number of amides is 2. The molecule has 0 saturated carbocycles. The van der Waals surface area contributed by atoms with Gasteiger partial charge in [0.2, 0.25) is 11.8 Å². The molecule has 118 valence electrons. The van der Waals surface area contributed by atoms with Crippen molar-refractivity contribution in [3.05, 3.63) is 22.4 Å². The van der Waals surface area contributed by atoms with E-state index in [4.69, 9.17) is 0 Å². The van der Waals surface area contributed by atoms with Crippen molar-refractivity contribution in [1.82, 2.24) is 10.3 Å². The number of rotatable bonds is 6. The summed E-state index contributed by atoms with van der Waals surface area (Å²) in [7, 11) is 0. The molecule has 2 N–H and O–H groups in total. The molecule has 0 aliphatic carbocycles. The molecule has 0 saturated heterocycles. The SMILES string of the molecule is CCC(C)C(=O)Nc1nc(-c2ccc(CNC(C)=O)s2)cs1. The highest BCUT2D eigenvalue weighted by molar-refractivity contribution is 7.17. The summed E-state index contributed by atoms with van der Waals surface area (Å²) < 4.78 is 0. The highest BCUT2D eigenvalue weighted by Crippen LogP contribution is 2.31. The zero-order valence-electron chi connectivity index (χ0n) is 12.8. The molecule has 2 amide bonds. The van der Waals surface area contributed by atoms with E-state index in [1.807, 2.05) is 31.4 Å². The van der Waals surface area contributed by atoms with Gasteiger partial charge in [0, 0.05) is 23.1 Å². The Kier molecular flexibility index (Phi) is 5.68. The molecule has 0 radical (unpaired) electrons. The summed E-state index contributed by atoms with van der Waals surface area (Å²) in [6, 6.07) is 3.96. The van der Waals surface area contributed by atoms with Crippen molar-refractivity contribution in [1.29, 1.82) is 0 Å². The molecule has 22 heavy (non-hydrogen) atoms. The minimum Gasteiger partial charge on any atom is -0.351 e. The van der Waals surface area contributed by atoms with Gasteiger partial charge in [-0.1, -0.05) is 13.8 Å². The van der Waals surface area contributed by atoms with Crippen LogP contribution in [-0.2, 0) is 16.1 Å². The maximum Gasteiger partial charge on any atom is 0.228 e. The van der Waals surface area contributed by atoms with Crippen LogP contribution in [0.2, 0.25) is 0 Å². The zero-order valence-corrected chi connectivity index (χ0v) is 14.4. The Morgan fingerprint density at radius 3 is 2.82 bits per heavy atom. The van der Waals surface area contributed by atoms with E-state index >= 15 is 0 Å². The molecule has 7 heteroatoms. The number of hydrogen-bond acceptors (Lipinski definition) is 5. The first kappa shape index (κ1) is 16.6. The Hall–Kier alpha value is -1.73. The van der Waals surface area contributed by atoms with Crippen molar-refractivity contribution in [2.75, 3.05) is 5.32 Å². The summed E-state index contributed by atoms with van der Waals surface area (Å²) in [5.41, 5.74) is 0.850. The number of carbonyl (C=O) groups is 2. The Labute approximate surface area is 137 Å². The lowest BCUT2D eigenvalue weighted by molar-refractivity contribution is -0.120. The number of nitrogens with one attached hydrogen (secondary N) is 2. The largest absolute Gasteiger partial charge is 0.351 e. The van der Waals surface area contributed by atoms with Crippen molar-refractivity contribution >= 4 is 39.6 Å². The predicted molar refractivity (Wildman–Crippen MR) is 91.0 cm³/mol. The summed E-state index contributed by atoms with van der Waals surface area (Å²) in [6.07, 6.45) is 0.807. The third-order valence-corrected chi connectivity index (χ3v) is 5.09. The molecule has 0 bridgehead atoms. The number of nitrogens with zero attached hydrogens (tertiary/aromatic N) is 1. The molecule has 1 unspecified atom stereocenters. The van der Waals surface area contributed by atoms with Crippen LogP contribution in [0.4, 0.5) is 5.13 Å². The van der Waals surface area contributed by atoms with Gasteiger partial charge in [-0.05, 0) is 18.6 Å². The van der Waals surface area contributed by atoms with Gasteiger partial charge in [-0.25, -0.2) is 4.98 Å². The van der Waals surface area contributed by atoms with Crippen LogP contribution in [0.25, 0.3) is 10.6 Å². The van der Waals surface area contributed by atoms with Crippen LogP contribution in [0.15, 0.2) is 17.5 Å². The second-order valence-corrected chi connectivity index (χ2v) is 7.04. The number of thiazole rings is 1. The Bertz CT molecular complexity index is 663. The number of anilines is 1. The van der Waals surface area contributed by atoms with E-state index in [-0.39, 0.29) is 17.7 Å². The summed E-state index contributed by atoms with van der Waals surface area (Å²) >= 11 is 3.01. The maximum absolute atomic E-state index is 11.9. The quantitative estimate of drug-likeness (QED) is 0.847. The second kappa shape index (κ2) is 7.51. The molecular formula is C15H19N3O2S2. The molecule has 0 aliphatic rings. The molecular weight excluding hydrogens is 318 g/mol. The van der Waals surface area contributed by atoms with Crippen LogP contribution in [-0.4, -0.2) is 16.8 Å². The molecule has 0 aliphatic heterocycles. The Morgan fingerprint density at radius 1 is 1.36 bits per heavy atom. The van der Waals surface area contributed by atoms with Gasteiger partial charge >= 0.3 is 0 Å². The molecule has 0 spiro atoms. The van der Waals surface area contributed by atoms with E-state index in [0.717, 1.165) is 21.9 Å². The maximum atomic E-state index is 11.9. The fourth-order valence-corrected chi connectivity index (χ4v) is 3.38. The van der Waals surface area contributed by atoms with Crippen molar-refractivity contribution < 1.29 is 9.59 Å². The Balaban J connectivity index is 2.02. The van der Waals surface area contributed by atoms with Crippen LogP contribution in [0.3, 0.4) is 0 Å². The van der Waals surface area contributed by atoms with Crippen LogP contribution >= 0.6 is 22.7 Å². The predicted octanol–water partition coefficient (Wildman–Crippen LogP) is 3.49. The fourth-order valence-electron chi connectivity index (χ4n) is 1.68. The van der Waals surface area contributed by atoms with E-state index in [0.29, 0.717) is 11.7 Å². The van der Waals surface area contributed by atoms with Gasteiger partial charge in [0.05, 0.1) is 17.1 Å². The lowest BCUT2D eigenvalue weighted by Gasteiger charge is -2.06. The molecule has 1 atom stereocenters. The lowest BCUT2D eigenvalue weighted by atomic mass is 10.1. The van der Waals surface area contributed by atoms with Gasteiger partial charge in [0.1, 0.15) is 0 Å². The standard InChI is InChI=1S/C15H19N3O2S2/c1-4-9(2)14(20)18-15-17-12(8-21-15)13-6-5-11(22-13)7-16-10(3)19/h5-6,8-9H,4,7H2,1-3H3,(H,16,19)(H,17,18,20). The van der Waals surface area contributed by atoms with Gasteiger partial charge in [-0.15, -0.1) is 22.7 Å². The van der Waals surface area contributed by atoms with Gasteiger partial charge in [-0.2, -0.15) is 0 Å². The number of carbonyl (C=O) groups excluding carboxylic acids is 2. The average molecular weight is 337 g/mol. The minimum atomic E-state index is -0.0429. The second-order valence-electron chi connectivity index (χ2n) is 5.01. The highest BCUT2D eigenvalue weighted by Gasteiger charge is 2.13. The third-order valence-electron chi connectivity index (χ3n) is 3.22. The highest BCUT2D eigenvalue weighted by atomic mass is 32.1. The molecule has 0 fully saturated rings. The lowest BCUT2D eigenvalue weighted by Crippen LogP contribution is -2.19. The van der Waals surface area contributed by atoms with Crippen LogP contribution in [0.1, 0.15) is 32.1 Å². The van der Waals surface area contributed by atoms with Gasteiger partial charge in [-0.3, -0.25) is 9.59 Å². The van der Waals surface area contributed by atoms with Crippen molar-refractivity contribution in [2.45, 2.75) is 33.7 Å². The zero-order chi connectivity index (χ0) is 16.1. The third kappa shape index (κ3) is 4.38. The first-order valence-corrected chi connectivity index (χ1v) is 8.79. The van der Waals surface area contributed by atoms with E-state index in [2.05, 4.69) is 15.6 Å². The Morgan fingerprint density at radius 2 is 2.14 bits per heavy atom. The normalized spacial score (nSPS) is 12.0. The number of thiophene rings is 1. The van der Waals surface area contributed by atoms with Crippen LogP contribution in [0, 0.1) is 5.92 Å². The van der Waals surface area contributed by atoms with E-state index in [1.54, 1.807) is 11.3 Å². The smallest absolute Gasteiger partial charge is 0.228 e. The molecule has 2 aromatic rings. The van der Waals surface area contributed by atoms with E-state index in [9.17, 15) is 9.59 Å². The number of aromatic nitrogens is 1. The van der Waals surface area contributed by atoms with E-state index < -0.39 is 0 Å². The summed E-state index contributed by atoms with van der Waals surface area (Å²) in [5.74, 6) is -0.0575. The monoisotopic (exact) mass is 337 g/mol. The summed E-state index contributed by atoms with van der Waals surface area (Å²) in [4.78, 5) is 29.3. The fraction of sp³-hybridized carbons (Fsp3) is 0.400. The molecule has 2 heterocycles. The van der Waals surface area contributed by atoms with Gasteiger partial charge in [0.15, 0.2) is 5.13 Å².